The van der Waals surface area contributed by atoms with Gasteiger partial charge in [-0.2, -0.15) is 0 Å². The lowest BCUT2D eigenvalue weighted by atomic mass is 10.0. The van der Waals surface area contributed by atoms with Crippen molar-refractivity contribution < 1.29 is 14.7 Å². The molecule has 0 unspecified atom stereocenters. The van der Waals surface area contributed by atoms with E-state index >= 15 is 0 Å². The number of carboxylic acids is 1. The number of hydrogen-bond donors (Lipinski definition) is 1. The average Bonchev–Trinajstić information content (AvgIpc) is 2.23. The Labute approximate surface area is 87.5 Å². The van der Waals surface area contributed by atoms with Crippen LogP contribution in [0.1, 0.15) is 54.4 Å². The molecule has 0 rings (SSSR count). The molecular weight excluding hydrogens is 180 g/mol. The Kier molecular flexibility index (Phi) is 19.7. The summed E-state index contributed by atoms with van der Waals surface area (Å²) in [6.07, 6.45) is 0.587. The van der Waals surface area contributed by atoms with Crippen LogP contribution in [0, 0.1) is 5.92 Å². The van der Waals surface area contributed by atoms with Gasteiger partial charge in [-0.1, -0.05) is 41.5 Å². The van der Waals surface area contributed by atoms with Crippen molar-refractivity contribution in [3.63, 3.8) is 0 Å². The Morgan fingerprint density at radius 1 is 1.14 bits per heavy atom. The van der Waals surface area contributed by atoms with Crippen LogP contribution in [-0.2, 0) is 9.59 Å². The number of aliphatic carboxylic acids is 1. The maximum absolute atomic E-state index is 10.7. The van der Waals surface area contributed by atoms with E-state index < -0.39 is 11.9 Å². The molecule has 0 aliphatic carbocycles. The van der Waals surface area contributed by atoms with E-state index in [-0.39, 0.29) is 12.2 Å². The van der Waals surface area contributed by atoms with Crippen LogP contribution in [0.2, 0.25) is 0 Å². The van der Waals surface area contributed by atoms with Crippen molar-refractivity contribution in [1.29, 1.82) is 0 Å². The van der Waals surface area contributed by atoms with E-state index in [0.717, 1.165) is 0 Å². The van der Waals surface area contributed by atoms with Crippen molar-refractivity contribution in [2.75, 3.05) is 0 Å². The van der Waals surface area contributed by atoms with Crippen LogP contribution in [0.5, 0.6) is 0 Å². The van der Waals surface area contributed by atoms with E-state index in [9.17, 15) is 9.59 Å². The van der Waals surface area contributed by atoms with Gasteiger partial charge >= 0.3 is 5.97 Å². The Bertz CT molecular complexity index is 141. The summed E-state index contributed by atoms with van der Waals surface area (Å²) in [5, 5.41) is 8.37. The zero-order valence-corrected chi connectivity index (χ0v) is 10.3. The van der Waals surface area contributed by atoms with Gasteiger partial charge in [0.05, 0.1) is 5.92 Å². The van der Waals surface area contributed by atoms with Crippen LogP contribution in [0.4, 0.5) is 0 Å². The fourth-order valence-electron chi connectivity index (χ4n) is 0.573. The maximum Gasteiger partial charge on any atom is 0.306 e. The van der Waals surface area contributed by atoms with Gasteiger partial charge in [-0.25, -0.2) is 0 Å². The highest BCUT2D eigenvalue weighted by molar-refractivity contribution is 5.83. The van der Waals surface area contributed by atoms with Gasteiger partial charge in [0.2, 0.25) is 0 Å². The Balaban J connectivity index is -0.000000266. The van der Waals surface area contributed by atoms with Crippen LogP contribution in [0.3, 0.4) is 0 Å². The van der Waals surface area contributed by atoms with Gasteiger partial charge in [-0.3, -0.25) is 9.59 Å². The molecule has 3 nitrogen and oxygen atoms in total. The minimum Gasteiger partial charge on any atom is -0.481 e. The summed E-state index contributed by atoms with van der Waals surface area (Å²) >= 11 is 0. The smallest absolute Gasteiger partial charge is 0.306 e. The maximum atomic E-state index is 10.7. The van der Waals surface area contributed by atoms with Crippen molar-refractivity contribution in [3.8, 4) is 0 Å². The van der Waals surface area contributed by atoms with Crippen LogP contribution in [0.15, 0.2) is 0 Å². The lowest BCUT2D eigenvalue weighted by Gasteiger charge is -2.01. The molecule has 0 aliphatic rings. The molecule has 0 aromatic rings. The molecule has 0 heterocycles. The summed E-state index contributed by atoms with van der Waals surface area (Å²) in [7, 11) is 0. The molecule has 14 heavy (non-hydrogen) atoms. The van der Waals surface area contributed by atoms with Crippen LogP contribution in [-0.4, -0.2) is 16.9 Å². The zero-order valence-electron chi connectivity index (χ0n) is 10.3. The summed E-state index contributed by atoms with van der Waals surface area (Å²) in [6.45, 7) is 11.3. The molecule has 1 atom stereocenters. The lowest BCUT2D eigenvalue weighted by molar-refractivity contribution is -0.143. The van der Waals surface area contributed by atoms with Gasteiger partial charge in [0, 0.05) is 12.8 Å². The molecule has 0 aromatic carbocycles. The minimum absolute atomic E-state index is 0.00917. The molecule has 0 bridgehead atoms. The number of ketones is 1. The van der Waals surface area contributed by atoms with Gasteiger partial charge in [-0.15, -0.1) is 0 Å². The van der Waals surface area contributed by atoms with Crippen LogP contribution < -0.4 is 0 Å². The monoisotopic (exact) mass is 204 g/mol. The molecule has 0 aliphatic heterocycles. The Morgan fingerprint density at radius 3 is 1.71 bits per heavy atom. The van der Waals surface area contributed by atoms with E-state index in [1.165, 1.54) is 6.92 Å². The molecule has 0 saturated heterocycles. The van der Waals surface area contributed by atoms with Gasteiger partial charge in [-0.05, 0) is 0 Å². The van der Waals surface area contributed by atoms with E-state index in [1.54, 1.807) is 6.92 Å². The molecule has 0 spiro atoms. The zero-order chi connectivity index (χ0) is 12.1. The second-order valence-electron chi connectivity index (χ2n) is 2.34. The quantitative estimate of drug-likeness (QED) is 0.765. The summed E-state index contributed by atoms with van der Waals surface area (Å²) in [5.41, 5.74) is 0. The van der Waals surface area contributed by atoms with E-state index in [4.69, 9.17) is 5.11 Å². The third-order valence-electron chi connectivity index (χ3n) is 1.35. The predicted octanol–water partition coefficient (Wildman–Crippen LogP) is 3.13. The molecule has 1 N–H and O–H groups in total. The molecule has 0 amide bonds. The Hall–Kier alpha value is -0.860. The van der Waals surface area contributed by atoms with Crippen LogP contribution in [0.25, 0.3) is 0 Å². The van der Waals surface area contributed by atoms with Gasteiger partial charge in [0.25, 0.3) is 0 Å². The van der Waals surface area contributed by atoms with Crippen molar-refractivity contribution >= 4 is 11.8 Å². The first-order valence-electron chi connectivity index (χ1n) is 5.32. The predicted molar refractivity (Wildman–Crippen MR) is 59.4 cm³/mol. The standard InChI is InChI=1S/C7H12O3.2C2H6/c1-3-6(8)4-5(2)7(9)10;2*1-2/h5H,3-4H2,1-2H3,(H,9,10);2*1-2H3/t5-;;/m0../s1. The van der Waals surface area contributed by atoms with Gasteiger partial charge in [0.1, 0.15) is 5.78 Å². The first kappa shape index (κ1) is 18.8. The Morgan fingerprint density at radius 2 is 1.50 bits per heavy atom. The van der Waals surface area contributed by atoms with Gasteiger partial charge in [0.15, 0.2) is 0 Å². The highest BCUT2D eigenvalue weighted by atomic mass is 16.4. The summed E-state index contributed by atoms with van der Waals surface area (Å²) in [4.78, 5) is 20.9. The average molecular weight is 204 g/mol. The van der Waals surface area contributed by atoms with Crippen molar-refractivity contribution in [1.82, 2.24) is 0 Å². The first-order chi connectivity index (χ1) is 6.57. The summed E-state index contributed by atoms with van der Waals surface area (Å²) < 4.78 is 0. The fraction of sp³-hybridized carbons (Fsp3) is 0.818. The number of carbonyl (C=O) groups excluding carboxylic acids is 1. The molecule has 3 heteroatoms. The third-order valence-corrected chi connectivity index (χ3v) is 1.35. The largest absolute Gasteiger partial charge is 0.481 e. The molecule has 0 fully saturated rings. The van der Waals surface area contributed by atoms with E-state index in [0.29, 0.717) is 6.42 Å². The van der Waals surface area contributed by atoms with Crippen molar-refractivity contribution in [3.05, 3.63) is 0 Å². The highest BCUT2D eigenvalue weighted by Gasteiger charge is 2.13. The number of hydrogen-bond acceptors (Lipinski definition) is 2. The first-order valence-corrected chi connectivity index (χ1v) is 5.32. The van der Waals surface area contributed by atoms with Gasteiger partial charge < -0.3 is 5.11 Å². The SMILES string of the molecule is CC.CC.CCC(=O)C[C@H](C)C(=O)O. The van der Waals surface area contributed by atoms with E-state index in [1.807, 2.05) is 27.7 Å². The highest BCUT2D eigenvalue weighted by Crippen LogP contribution is 2.03. The molecular formula is C11H24O3. The third kappa shape index (κ3) is 13.7. The normalized spacial score (nSPS) is 9.86. The van der Waals surface area contributed by atoms with Crippen molar-refractivity contribution in [2.24, 2.45) is 5.92 Å². The number of carboxylic acid groups (broad SMARTS) is 1. The topological polar surface area (TPSA) is 54.4 Å². The second kappa shape index (κ2) is 14.7. The number of Topliss-reactive ketones (excluding diaryl/α,β-unsaturated/α-hetero) is 1. The molecule has 0 saturated carbocycles. The van der Waals surface area contributed by atoms with E-state index in [2.05, 4.69) is 0 Å². The number of carbonyl (C=O) groups is 2. The lowest BCUT2D eigenvalue weighted by Crippen LogP contribution is -2.13. The molecule has 0 aromatic heterocycles. The molecule has 0 radical (unpaired) electrons. The molecule has 86 valence electrons. The van der Waals surface area contributed by atoms with Crippen molar-refractivity contribution in [2.45, 2.75) is 54.4 Å². The van der Waals surface area contributed by atoms with Crippen LogP contribution >= 0.6 is 0 Å². The summed E-state index contributed by atoms with van der Waals surface area (Å²) in [5.74, 6) is -1.43. The number of rotatable bonds is 4. The summed E-state index contributed by atoms with van der Waals surface area (Å²) in [6, 6.07) is 0. The fourth-order valence-corrected chi connectivity index (χ4v) is 0.573. The second-order valence-corrected chi connectivity index (χ2v) is 2.34. The minimum atomic E-state index is -0.901.